The number of nitrogens with one attached hydrogen (secondary N) is 1. The molecule has 3 rings (SSSR count). The van der Waals surface area contributed by atoms with E-state index in [1.807, 2.05) is 0 Å². The third kappa shape index (κ3) is 4.34. The van der Waals surface area contributed by atoms with E-state index in [2.05, 4.69) is 10.5 Å². The number of ether oxygens (including phenoxy) is 1. The highest BCUT2D eigenvalue weighted by molar-refractivity contribution is 6.06. The predicted octanol–water partition coefficient (Wildman–Crippen LogP) is 2.37. The summed E-state index contributed by atoms with van der Waals surface area (Å²) < 4.78 is 5.09. The lowest BCUT2D eigenvalue weighted by Gasteiger charge is -2.21. The molecule has 0 spiro atoms. The fraction of sp³-hybridized carbons (Fsp3) is 0.200. The van der Waals surface area contributed by atoms with Crippen LogP contribution in [-0.4, -0.2) is 46.5 Å². The lowest BCUT2D eigenvalue weighted by atomic mass is 9.90. The maximum absolute atomic E-state index is 12.4. The molecule has 9 heteroatoms. The largest absolute Gasteiger partial charge is 0.497 e. The van der Waals surface area contributed by atoms with Crippen molar-refractivity contribution in [3.63, 3.8) is 0 Å². The Hall–Kier alpha value is -3.88. The zero-order valence-corrected chi connectivity index (χ0v) is 15.4. The first-order valence-corrected chi connectivity index (χ1v) is 8.59. The molecule has 1 aliphatic rings. The number of aromatic carboxylic acids is 1. The molecule has 0 unspecified atom stereocenters. The molecule has 2 aromatic carbocycles. The maximum atomic E-state index is 12.4. The van der Waals surface area contributed by atoms with Gasteiger partial charge in [-0.1, -0.05) is 11.2 Å². The Labute approximate surface area is 165 Å². The van der Waals surface area contributed by atoms with Gasteiger partial charge in [0.15, 0.2) is 0 Å². The minimum absolute atomic E-state index is 0.00186. The number of hydrogen-bond donors (Lipinski definition) is 3. The van der Waals surface area contributed by atoms with Crippen LogP contribution in [0.3, 0.4) is 0 Å². The third-order valence-electron chi connectivity index (χ3n) is 4.44. The molecule has 29 heavy (non-hydrogen) atoms. The van der Waals surface area contributed by atoms with Crippen molar-refractivity contribution >= 4 is 29.2 Å². The van der Waals surface area contributed by atoms with Crippen molar-refractivity contribution in [2.45, 2.75) is 18.4 Å². The van der Waals surface area contributed by atoms with Gasteiger partial charge in [0.05, 0.1) is 24.8 Å². The first-order valence-electron chi connectivity index (χ1n) is 8.59. The average molecular weight is 398 g/mol. The molecule has 3 N–H and O–H groups in total. The molecule has 1 aliphatic heterocycles. The molecule has 0 saturated carbocycles. The van der Waals surface area contributed by atoms with Gasteiger partial charge in [-0.3, -0.25) is 4.79 Å². The van der Waals surface area contributed by atoms with Gasteiger partial charge in [-0.2, -0.15) is 0 Å². The molecule has 0 radical (unpaired) electrons. The zero-order chi connectivity index (χ0) is 21.0. The number of carbonyl (C=O) groups is 3. The highest BCUT2D eigenvalue weighted by Gasteiger charge is 2.49. The van der Waals surface area contributed by atoms with Gasteiger partial charge >= 0.3 is 11.9 Å². The Morgan fingerprint density at radius 1 is 1.17 bits per heavy atom. The van der Waals surface area contributed by atoms with Crippen molar-refractivity contribution in [1.29, 1.82) is 0 Å². The van der Waals surface area contributed by atoms with Crippen LogP contribution >= 0.6 is 0 Å². The lowest BCUT2D eigenvalue weighted by Crippen LogP contribution is -2.42. The van der Waals surface area contributed by atoms with E-state index in [1.54, 1.807) is 24.3 Å². The first-order chi connectivity index (χ1) is 13.8. The molecule has 0 aromatic heterocycles. The van der Waals surface area contributed by atoms with E-state index >= 15 is 0 Å². The minimum Gasteiger partial charge on any atom is -0.497 e. The van der Waals surface area contributed by atoms with Crippen molar-refractivity contribution in [1.82, 2.24) is 0 Å². The fourth-order valence-electron chi connectivity index (χ4n) is 2.90. The zero-order valence-electron chi connectivity index (χ0n) is 15.4. The molecule has 1 atom stereocenters. The van der Waals surface area contributed by atoms with Gasteiger partial charge in [0.25, 0.3) is 0 Å². The Kier molecular flexibility index (Phi) is 5.49. The molecule has 1 heterocycles. The van der Waals surface area contributed by atoms with Crippen LogP contribution in [0.25, 0.3) is 0 Å². The standard InChI is InChI=1S/C20H18N2O7/c1-28-15-7-5-12(6-8-15)16-10-20(19(26)27,29-22-16)11-17(23)21-14-4-2-3-13(9-14)18(24)25/h2-9H,10-11H2,1H3,(H,21,23)(H,24,25)(H,26,27)/t20-/m0/s1. The van der Waals surface area contributed by atoms with E-state index in [4.69, 9.17) is 14.7 Å². The summed E-state index contributed by atoms with van der Waals surface area (Å²) in [6.07, 6.45) is -0.597. The quantitative estimate of drug-likeness (QED) is 0.652. The molecule has 0 saturated heterocycles. The second-order valence-electron chi connectivity index (χ2n) is 6.44. The predicted molar refractivity (Wildman–Crippen MR) is 102 cm³/mol. The summed E-state index contributed by atoms with van der Waals surface area (Å²) in [6.45, 7) is 0. The summed E-state index contributed by atoms with van der Waals surface area (Å²) in [5.74, 6) is -2.46. The van der Waals surface area contributed by atoms with Crippen LogP contribution < -0.4 is 10.1 Å². The van der Waals surface area contributed by atoms with Crippen LogP contribution in [0.2, 0.25) is 0 Å². The molecular formula is C20H18N2O7. The van der Waals surface area contributed by atoms with Gasteiger partial charge in [0.1, 0.15) is 5.75 Å². The number of carbonyl (C=O) groups excluding carboxylic acids is 1. The average Bonchev–Trinajstić information content (AvgIpc) is 3.13. The van der Waals surface area contributed by atoms with Gasteiger partial charge in [-0.15, -0.1) is 0 Å². The Morgan fingerprint density at radius 3 is 2.52 bits per heavy atom. The van der Waals surface area contributed by atoms with Crippen LogP contribution in [0.5, 0.6) is 5.75 Å². The summed E-state index contributed by atoms with van der Waals surface area (Å²) in [4.78, 5) is 40.5. The second-order valence-corrected chi connectivity index (χ2v) is 6.44. The summed E-state index contributed by atoms with van der Waals surface area (Å²) in [6, 6.07) is 12.5. The van der Waals surface area contributed by atoms with Gasteiger partial charge in [0.2, 0.25) is 11.5 Å². The number of oxime groups is 1. The van der Waals surface area contributed by atoms with Gasteiger partial charge in [0, 0.05) is 12.1 Å². The Bertz CT molecular complexity index is 985. The summed E-state index contributed by atoms with van der Waals surface area (Å²) >= 11 is 0. The molecule has 9 nitrogen and oxygen atoms in total. The van der Waals surface area contributed by atoms with Crippen molar-refractivity contribution in [2.24, 2.45) is 5.16 Å². The number of benzene rings is 2. The normalized spacial score (nSPS) is 17.8. The van der Waals surface area contributed by atoms with Crippen LogP contribution in [0.4, 0.5) is 5.69 Å². The van der Waals surface area contributed by atoms with E-state index in [1.165, 1.54) is 31.4 Å². The first kappa shape index (κ1) is 19.9. The number of carboxylic acid groups (broad SMARTS) is 2. The molecule has 0 fully saturated rings. The summed E-state index contributed by atoms with van der Waals surface area (Å²) in [5.41, 5.74) is -0.550. The minimum atomic E-state index is -1.84. The maximum Gasteiger partial charge on any atom is 0.351 e. The van der Waals surface area contributed by atoms with E-state index in [9.17, 15) is 19.5 Å². The number of amides is 1. The van der Waals surface area contributed by atoms with E-state index in [0.29, 0.717) is 17.0 Å². The number of aliphatic carboxylic acids is 1. The number of methoxy groups -OCH3 is 1. The van der Waals surface area contributed by atoms with Crippen molar-refractivity contribution in [2.75, 3.05) is 12.4 Å². The molecule has 0 aliphatic carbocycles. The van der Waals surface area contributed by atoms with Gasteiger partial charge < -0.3 is 25.1 Å². The van der Waals surface area contributed by atoms with Gasteiger partial charge in [-0.25, -0.2) is 9.59 Å². The van der Waals surface area contributed by atoms with Crippen LogP contribution in [0, 0.1) is 0 Å². The van der Waals surface area contributed by atoms with E-state index in [0.717, 1.165) is 0 Å². The van der Waals surface area contributed by atoms with Crippen LogP contribution in [-0.2, 0) is 14.4 Å². The number of rotatable bonds is 7. The van der Waals surface area contributed by atoms with Crippen molar-refractivity contribution in [3.05, 3.63) is 59.7 Å². The number of anilines is 1. The van der Waals surface area contributed by atoms with E-state index in [-0.39, 0.29) is 17.7 Å². The fourth-order valence-corrected chi connectivity index (χ4v) is 2.90. The number of nitrogens with zero attached hydrogens (tertiary/aromatic N) is 1. The molecule has 150 valence electrons. The molecule has 0 bridgehead atoms. The number of hydrogen-bond acceptors (Lipinski definition) is 6. The molecular weight excluding hydrogens is 380 g/mol. The topological polar surface area (TPSA) is 135 Å². The molecule has 1 amide bonds. The molecule has 2 aromatic rings. The summed E-state index contributed by atoms with van der Waals surface area (Å²) in [5, 5.41) is 25.1. The van der Waals surface area contributed by atoms with Gasteiger partial charge in [-0.05, 0) is 48.0 Å². The lowest BCUT2D eigenvalue weighted by molar-refractivity contribution is -0.165. The highest BCUT2D eigenvalue weighted by Crippen LogP contribution is 2.31. The summed E-state index contributed by atoms with van der Waals surface area (Å²) in [7, 11) is 1.53. The highest BCUT2D eigenvalue weighted by atomic mass is 16.7. The second kappa shape index (κ2) is 8.01. The smallest absolute Gasteiger partial charge is 0.351 e. The number of carboxylic acids is 2. The Balaban J connectivity index is 1.72. The monoisotopic (exact) mass is 398 g/mol. The van der Waals surface area contributed by atoms with Crippen molar-refractivity contribution in [3.8, 4) is 5.75 Å². The Morgan fingerprint density at radius 2 is 1.90 bits per heavy atom. The third-order valence-corrected chi connectivity index (χ3v) is 4.44. The SMILES string of the molecule is COc1ccc(C2=NO[C@@](CC(=O)Nc3cccc(C(=O)O)c3)(C(=O)O)C2)cc1. The van der Waals surface area contributed by atoms with Crippen LogP contribution in [0.1, 0.15) is 28.8 Å². The van der Waals surface area contributed by atoms with Crippen LogP contribution in [0.15, 0.2) is 53.7 Å². The van der Waals surface area contributed by atoms with Crippen molar-refractivity contribution < 1.29 is 34.2 Å². The van der Waals surface area contributed by atoms with E-state index < -0.39 is 29.9 Å².